The summed E-state index contributed by atoms with van der Waals surface area (Å²) in [6.07, 6.45) is 1.72. The van der Waals surface area contributed by atoms with Gasteiger partial charge in [-0.1, -0.05) is 44.9 Å². The zero-order valence-electron chi connectivity index (χ0n) is 20.5. The highest BCUT2D eigenvalue weighted by atomic mass is 16.7. The Morgan fingerprint density at radius 3 is 2.17 bits per heavy atom. The monoisotopic (exact) mass is 507 g/mol. The zero-order valence-corrected chi connectivity index (χ0v) is 20.5. The summed E-state index contributed by atoms with van der Waals surface area (Å²) in [6.45, 7) is -0.615. The molecule has 0 aromatic heterocycles. The first kappa shape index (κ1) is 30.3. The third-order valence-corrected chi connectivity index (χ3v) is 7.08. The molecule has 206 valence electrons. The lowest BCUT2D eigenvalue weighted by molar-refractivity contribution is -0.311. The Bertz CT molecular complexity index is 595. The molecule has 8 N–H and O–H groups in total. The summed E-state index contributed by atoms with van der Waals surface area (Å²) >= 11 is 0. The number of aliphatic carboxylic acids is 1. The summed E-state index contributed by atoms with van der Waals surface area (Å²) in [4.78, 5) is 11.2. The third kappa shape index (κ3) is 10.2. The van der Waals surface area contributed by atoms with Crippen molar-refractivity contribution in [3.8, 4) is 0 Å². The molecule has 0 aliphatic carbocycles. The van der Waals surface area contributed by atoms with Crippen LogP contribution >= 0.6 is 0 Å². The van der Waals surface area contributed by atoms with Crippen LogP contribution in [0, 0.1) is 0 Å². The second-order valence-corrected chi connectivity index (χ2v) is 9.90. The molecule has 2 aliphatic heterocycles. The highest BCUT2D eigenvalue weighted by Gasteiger charge is 2.44. The summed E-state index contributed by atoms with van der Waals surface area (Å²) in [5.41, 5.74) is 0. The van der Waals surface area contributed by atoms with Gasteiger partial charge in [0.15, 0.2) is 6.29 Å². The standard InChI is InChI=1S/C24H45NO10/c26-13-17-18(28)11-10-15(25-17)8-6-4-2-1-3-5-7-9-16(12-20(29)30)34-24-23(33)22(32)21(31)19(14-27)35-24/h15-19,21-28,31-33H,1-14H2,(H,29,30)/t15-,16-,17+,18-,19-,21-,22+,23-,24+/m1/s1. The molecular formula is C24H45NO10. The molecule has 0 radical (unpaired) electrons. The molecular weight excluding hydrogens is 462 g/mol. The molecule has 0 aromatic carbocycles. The second-order valence-electron chi connectivity index (χ2n) is 9.90. The molecule has 0 bridgehead atoms. The van der Waals surface area contributed by atoms with Crippen LogP contribution in [-0.4, -0.2) is 110 Å². The van der Waals surface area contributed by atoms with E-state index in [1.165, 1.54) is 0 Å². The number of hydrogen-bond acceptors (Lipinski definition) is 10. The first-order chi connectivity index (χ1) is 16.8. The molecule has 2 saturated heterocycles. The normalized spacial score (nSPS) is 34.6. The maximum absolute atomic E-state index is 11.2. The largest absolute Gasteiger partial charge is 0.481 e. The molecule has 11 heteroatoms. The lowest BCUT2D eigenvalue weighted by Crippen LogP contribution is -2.59. The van der Waals surface area contributed by atoms with Crippen LogP contribution in [0.2, 0.25) is 0 Å². The van der Waals surface area contributed by atoms with Crippen molar-refractivity contribution in [1.82, 2.24) is 5.32 Å². The molecule has 0 aromatic rings. The van der Waals surface area contributed by atoms with Crippen molar-refractivity contribution in [3.63, 3.8) is 0 Å². The summed E-state index contributed by atoms with van der Waals surface area (Å²) in [6, 6.07) is 0.133. The number of rotatable bonds is 16. The van der Waals surface area contributed by atoms with Gasteiger partial charge in [0, 0.05) is 6.04 Å². The zero-order chi connectivity index (χ0) is 25.8. The van der Waals surface area contributed by atoms with Crippen LogP contribution < -0.4 is 5.32 Å². The Hall–Kier alpha value is -0.890. The molecule has 0 saturated carbocycles. The molecule has 2 rings (SSSR count). The van der Waals surface area contributed by atoms with Crippen LogP contribution in [0.3, 0.4) is 0 Å². The summed E-state index contributed by atoms with van der Waals surface area (Å²) < 4.78 is 11.0. The highest BCUT2D eigenvalue weighted by molar-refractivity contribution is 5.67. The minimum atomic E-state index is -1.56. The van der Waals surface area contributed by atoms with Gasteiger partial charge < -0.3 is 50.5 Å². The lowest BCUT2D eigenvalue weighted by Gasteiger charge is -2.40. The Labute approximate surface area is 207 Å². The van der Waals surface area contributed by atoms with E-state index in [1.807, 2.05) is 0 Å². The van der Waals surface area contributed by atoms with E-state index >= 15 is 0 Å². The summed E-state index contributed by atoms with van der Waals surface area (Å²) in [5.74, 6) is -1.05. The molecule has 11 nitrogen and oxygen atoms in total. The van der Waals surface area contributed by atoms with E-state index in [-0.39, 0.29) is 19.1 Å². The summed E-state index contributed by atoms with van der Waals surface area (Å²) in [7, 11) is 0. The van der Waals surface area contributed by atoms with Gasteiger partial charge in [-0.25, -0.2) is 0 Å². The van der Waals surface area contributed by atoms with Crippen LogP contribution in [0.15, 0.2) is 0 Å². The van der Waals surface area contributed by atoms with Crippen molar-refractivity contribution in [2.75, 3.05) is 13.2 Å². The van der Waals surface area contributed by atoms with Gasteiger partial charge >= 0.3 is 5.97 Å². The van der Waals surface area contributed by atoms with Crippen molar-refractivity contribution in [1.29, 1.82) is 0 Å². The van der Waals surface area contributed by atoms with E-state index in [4.69, 9.17) is 9.47 Å². The fourth-order valence-electron chi connectivity index (χ4n) is 4.90. The molecule has 0 unspecified atom stereocenters. The minimum absolute atomic E-state index is 0.0431. The van der Waals surface area contributed by atoms with Crippen LogP contribution in [-0.2, 0) is 14.3 Å². The van der Waals surface area contributed by atoms with Gasteiger partial charge in [-0.15, -0.1) is 0 Å². The quantitative estimate of drug-likeness (QED) is 0.127. The average Bonchev–Trinajstić information content (AvgIpc) is 2.83. The van der Waals surface area contributed by atoms with Crippen molar-refractivity contribution >= 4 is 5.97 Å². The Kier molecular flexibility index (Phi) is 13.9. The van der Waals surface area contributed by atoms with Gasteiger partial charge in [0.1, 0.15) is 24.4 Å². The average molecular weight is 508 g/mol. The molecule has 0 amide bonds. The van der Waals surface area contributed by atoms with E-state index in [9.17, 15) is 40.5 Å². The fraction of sp³-hybridized carbons (Fsp3) is 0.958. The van der Waals surface area contributed by atoms with Crippen molar-refractivity contribution < 1.29 is 50.0 Å². The minimum Gasteiger partial charge on any atom is -0.481 e. The maximum atomic E-state index is 11.2. The van der Waals surface area contributed by atoms with Gasteiger partial charge in [0.2, 0.25) is 0 Å². The number of carboxylic acid groups (broad SMARTS) is 1. The Balaban J connectivity index is 1.60. The Morgan fingerprint density at radius 1 is 0.886 bits per heavy atom. The number of aliphatic hydroxyl groups is 6. The van der Waals surface area contributed by atoms with E-state index < -0.39 is 55.5 Å². The van der Waals surface area contributed by atoms with Gasteiger partial charge in [0.25, 0.3) is 0 Å². The molecule has 2 heterocycles. The fourth-order valence-corrected chi connectivity index (χ4v) is 4.90. The number of unbranched alkanes of at least 4 members (excludes halogenated alkanes) is 6. The first-order valence-corrected chi connectivity index (χ1v) is 13.0. The van der Waals surface area contributed by atoms with Crippen molar-refractivity contribution in [2.24, 2.45) is 0 Å². The number of nitrogens with one attached hydrogen (secondary N) is 1. The van der Waals surface area contributed by atoms with Gasteiger partial charge in [0.05, 0.1) is 37.9 Å². The number of piperidine rings is 1. The van der Waals surface area contributed by atoms with E-state index in [2.05, 4.69) is 5.32 Å². The predicted molar refractivity (Wildman–Crippen MR) is 125 cm³/mol. The van der Waals surface area contributed by atoms with Crippen LogP contribution in [0.1, 0.15) is 77.0 Å². The Morgan fingerprint density at radius 2 is 1.54 bits per heavy atom. The highest BCUT2D eigenvalue weighted by Crippen LogP contribution is 2.25. The number of ether oxygens (including phenoxy) is 2. The van der Waals surface area contributed by atoms with Crippen molar-refractivity contribution in [3.05, 3.63) is 0 Å². The van der Waals surface area contributed by atoms with E-state index in [1.54, 1.807) is 0 Å². The van der Waals surface area contributed by atoms with Crippen molar-refractivity contribution in [2.45, 2.75) is 132 Å². The topological polar surface area (TPSA) is 189 Å². The molecule has 0 spiro atoms. The second kappa shape index (κ2) is 16.1. The van der Waals surface area contributed by atoms with Crippen LogP contribution in [0.4, 0.5) is 0 Å². The smallest absolute Gasteiger partial charge is 0.305 e. The number of carboxylic acids is 1. The van der Waals surface area contributed by atoms with Gasteiger partial charge in [-0.2, -0.15) is 0 Å². The number of hydrogen-bond donors (Lipinski definition) is 8. The van der Waals surface area contributed by atoms with E-state index in [0.717, 1.165) is 64.2 Å². The summed E-state index contributed by atoms with van der Waals surface area (Å²) in [5, 5.41) is 70.8. The molecule has 2 aliphatic rings. The lowest BCUT2D eigenvalue weighted by atomic mass is 9.93. The molecule has 35 heavy (non-hydrogen) atoms. The van der Waals surface area contributed by atoms with Crippen LogP contribution in [0.5, 0.6) is 0 Å². The third-order valence-electron chi connectivity index (χ3n) is 7.08. The number of carbonyl (C=O) groups is 1. The number of aliphatic hydroxyl groups excluding tert-OH is 6. The first-order valence-electron chi connectivity index (χ1n) is 13.0. The molecule has 2 fully saturated rings. The van der Waals surface area contributed by atoms with Gasteiger partial charge in [-0.05, 0) is 25.7 Å². The van der Waals surface area contributed by atoms with Crippen LogP contribution in [0.25, 0.3) is 0 Å². The van der Waals surface area contributed by atoms with Gasteiger partial charge in [-0.3, -0.25) is 4.79 Å². The maximum Gasteiger partial charge on any atom is 0.305 e. The van der Waals surface area contributed by atoms with E-state index in [0.29, 0.717) is 12.5 Å². The predicted octanol–water partition coefficient (Wildman–Crippen LogP) is -0.369. The SMILES string of the molecule is O=C(O)C[C@@H](CCCCCCCCC[C@@H]1CC[C@@H](O)[C@H](CO)N1)O[C@H]1O[C@H](CO)[C@@H](O)[C@H](O)[C@H]1O. The molecule has 9 atom stereocenters.